The second-order valence-electron chi connectivity index (χ2n) is 4.26. The second kappa shape index (κ2) is 5.33. The van der Waals surface area contributed by atoms with Crippen LogP contribution < -0.4 is 5.32 Å². The van der Waals surface area contributed by atoms with Crippen molar-refractivity contribution in [3.05, 3.63) is 47.2 Å². The largest absolute Gasteiger partial charge is 0.481 e. The van der Waals surface area contributed by atoms with Crippen LogP contribution >= 0.6 is 11.3 Å². The molecule has 0 aromatic carbocycles. The predicted molar refractivity (Wildman–Crippen MR) is 76.6 cm³/mol. The summed E-state index contributed by atoms with van der Waals surface area (Å²) in [6.07, 6.45) is 3.07. The van der Waals surface area contributed by atoms with E-state index in [1.54, 1.807) is 22.2 Å². The van der Waals surface area contributed by atoms with Crippen LogP contribution in [0.3, 0.4) is 0 Å². The number of carboxylic acid groups (broad SMARTS) is 1. The Bertz CT molecular complexity index is 824. The van der Waals surface area contributed by atoms with Gasteiger partial charge in [-0.15, -0.1) is 11.3 Å². The molecule has 3 aromatic rings. The van der Waals surface area contributed by atoms with Crippen LogP contribution in [0.5, 0.6) is 0 Å². The van der Waals surface area contributed by atoms with Gasteiger partial charge < -0.3 is 5.11 Å². The molecule has 3 rings (SSSR count). The van der Waals surface area contributed by atoms with Gasteiger partial charge in [-0.2, -0.15) is 5.10 Å². The van der Waals surface area contributed by atoms with E-state index in [0.29, 0.717) is 21.9 Å². The monoisotopic (exact) mass is 302 g/mol. The highest BCUT2D eigenvalue weighted by molar-refractivity contribution is 7.14. The van der Waals surface area contributed by atoms with Gasteiger partial charge in [0, 0.05) is 11.6 Å². The summed E-state index contributed by atoms with van der Waals surface area (Å²) in [6, 6.07) is 5.43. The molecule has 106 valence electrons. The number of carboxylic acids is 1. The summed E-state index contributed by atoms with van der Waals surface area (Å²) in [5.74, 6) is -1.28. The first-order valence-corrected chi connectivity index (χ1v) is 6.91. The van der Waals surface area contributed by atoms with Crippen molar-refractivity contribution in [2.45, 2.75) is 6.42 Å². The number of pyridine rings is 1. The standard InChI is InChI=1S/C13H10N4O3S/c18-11(19)5-8-7-21-13(15-8)16-12(20)9-6-14-17-4-2-1-3-10(9)17/h1-4,6-7H,5H2,(H,18,19)(H,15,16,20). The third kappa shape index (κ3) is 2.75. The molecule has 0 radical (unpaired) electrons. The molecular weight excluding hydrogens is 292 g/mol. The first-order chi connectivity index (χ1) is 10.1. The number of amides is 1. The third-order valence-electron chi connectivity index (χ3n) is 2.78. The van der Waals surface area contributed by atoms with E-state index in [2.05, 4.69) is 15.4 Å². The molecule has 2 N–H and O–H groups in total. The highest BCUT2D eigenvalue weighted by atomic mass is 32.1. The minimum atomic E-state index is -0.958. The van der Waals surface area contributed by atoms with E-state index >= 15 is 0 Å². The number of rotatable bonds is 4. The van der Waals surface area contributed by atoms with Gasteiger partial charge in [0.15, 0.2) is 5.13 Å². The lowest BCUT2D eigenvalue weighted by Gasteiger charge is -1.99. The van der Waals surface area contributed by atoms with Gasteiger partial charge >= 0.3 is 5.97 Å². The van der Waals surface area contributed by atoms with Gasteiger partial charge in [0.05, 0.1) is 29.4 Å². The molecular formula is C13H10N4O3S. The second-order valence-corrected chi connectivity index (χ2v) is 5.12. The average molecular weight is 302 g/mol. The molecule has 0 aliphatic heterocycles. The van der Waals surface area contributed by atoms with Gasteiger partial charge in [-0.05, 0) is 12.1 Å². The van der Waals surface area contributed by atoms with Gasteiger partial charge in [-0.3, -0.25) is 14.9 Å². The number of nitrogens with zero attached hydrogens (tertiary/aromatic N) is 3. The van der Waals surface area contributed by atoms with Crippen LogP contribution in [-0.2, 0) is 11.2 Å². The van der Waals surface area contributed by atoms with E-state index in [1.807, 2.05) is 12.1 Å². The van der Waals surface area contributed by atoms with Crippen molar-refractivity contribution in [3.63, 3.8) is 0 Å². The van der Waals surface area contributed by atoms with Crippen molar-refractivity contribution < 1.29 is 14.7 Å². The number of thiazole rings is 1. The van der Waals surface area contributed by atoms with E-state index < -0.39 is 5.97 Å². The van der Waals surface area contributed by atoms with Crippen LogP contribution in [0.15, 0.2) is 36.0 Å². The molecule has 21 heavy (non-hydrogen) atoms. The molecule has 0 aliphatic rings. The van der Waals surface area contributed by atoms with Crippen LogP contribution in [-0.4, -0.2) is 31.6 Å². The Morgan fingerprint density at radius 3 is 3.05 bits per heavy atom. The highest BCUT2D eigenvalue weighted by Crippen LogP contribution is 2.18. The number of carbonyl (C=O) groups is 2. The maximum Gasteiger partial charge on any atom is 0.309 e. The lowest BCUT2D eigenvalue weighted by Crippen LogP contribution is -2.11. The van der Waals surface area contributed by atoms with E-state index in [1.165, 1.54) is 17.5 Å². The molecule has 1 amide bonds. The van der Waals surface area contributed by atoms with Gasteiger partial charge in [-0.25, -0.2) is 9.50 Å². The van der Waals surface area contributed by atoms with E-state index in [9.17, 15) is 9.59 Å². The number of hydrogen-bond acceptors (Lipinski definition) is 5. The Kier molecular flexibility index (Phi) is 3.36. The SMILES string of the molecule is O=C(O)Cc1csc(NC(=O)c2cnn3ccccc23)n1. The van der Waals surface area contributed by atoms with Crippen molar-refractivity contribution >= 4 is 33.9 Å². The average Bonchev–Trinajstić information content (AvgIpc) is 3.04. The maximum absolute atomic E-state index is 12.2. The van der Waals surface area contributed by atoms with E-state index in [-0.39, 0.29) is 12.3 Å². The highest BCUT2D eigenvalue weighted by Gasteiger charge is 2.14. The van der Waals surface area contributed by atoms with E-state index in [4.69, 9.17) is 5.11 Å². The van der Waals surface area contributed by atoms with Crippen LogP contribution in [0.25, 0.3) is 5.52 Å². The summed E-state index contributed by atoms with van der Waals surface area (Å²) in [5.41, 5.74) is 1.55. The van der Waals surface area contributed by atoms with E-state index in [0.717, 1.165) is 0 Å². The molecule has 0 saturated carbocycles. The molecule has 7 nitrogen and oxygen atoms in total. The minimum Gasteiger partial charge on any atom is -0.481 e. The lowest BCUT2D eigenvalue weighted by atomic mass is 10.2. The fourth-order valence-electron chi connectivity index (χ4n) is 1.87. The van der Waals surface area contributed by atoms with Crippen LogP contribution in [0.4, 0.5) is 5.13 Å². The number of nitrogens with one attached hydrogen (secondary N) is 1. The Morgan fingerprint density at radius 2 is 2.24 bits per heavy atom. The summed E-state index contributed by atoms with van der Waals surface area (Å²) in [7, 11) is 0. The first kappa shape index (κ1) is 13.3. The summed E-state index contributed by atoms with van der Waals surface area (Å²) >= 11 is 1.19. The summed E-state index contributed by atoms with van der Waals surface area (Å²) in [4.78, 5) is 26.9. The summed E-state index contributed by atoms with van der Waals surface area (Å²) in [5, 5.41) is 17.4. The smallest absolute Gasteiger partial charge is 0.309 e. The molecule has 3 aromatic heterocycles. The zero-order chi connectivity index (χ0) is 14.8. The topological polar surface area (TPSA) is 96.6 Å². The predicted octanol–water partition coefficient (Wildman–Crippen LogP) is 1.67. The zero-order valence-corrected chi connectivity index (χ0v) is 11.5. The molecule has 8 heteroatoms. The summed E-state index contributed by atoms with van der Waals surface area (Å²) < 4.78 is 1.60. The molecule has 0 spiro atoms. The lowest BCUT2D eigenvalue weighted by molar-refractivity contribution is -0.136. The normalized spacial score (nSPS) is 10.7. The molecule has 0 saturated heterocycles. The van der Waals surface area contributed by atoms with Gasteiger partial charge in [0.2, 0.25) is 0 Å². The number of aromatic nitrogens is 3. The van der Waals surface area contributed by atoms with Crippen molar-refractivity contribution in [2.75, 3.05) is 5.32 Å². The Balaban J connectivity index is 1.80. The summed E-state index contributed by atoms with van der Waals surface area (Å²) in [6.45, 7) is 0. The first-order valence-electron chi connectivity index (χ1n) is 6.03. The molecule has 0 fully saturated rings. The molecule has 3 heterocycles. The third-order valence-corrected chi connectivity index (χ3v) is 3.58. The molecule has 0 bridgehead atoms. The van der Waals surface area contributed by atoms with Crippen LogP contribution in [0, 0.1) is 0 Å². The maximum atomic E-state index is 12.2. The molecule has 0 aliphatic carbocycles. The van der Waals surface area contributed by atoms with Crippen molar-refractivity contribution in [1.29, 1.82) is 0 Å². The fourth-order valence-corrected chi connectivity index (χ4v) is 2.58. The molecule has 0 unspecified atom stereocenters. The van der Waals surface area contributed by atoms with Crippen molar-refractivity contribution in [2.24, 2.45) is 0 Å². The van der Waals surface area contributed by atoms with Crippen molar-refractivity contribution in [3.8, 4) is 0 Å². The van der Waals surface area contributed by atoms with Crippen LogP contribution in [0.2, 0.25) is 0 Å². The Labute approximate surface area is 122 Å². The number of carbonyl (C=O) groups excluding carboxylic acids is 1. The number of aliphatic carboxylic acids is 1. The number of fused-ring (bicyclic) bond motifs is 1. The van der Waals surface area contributed by atoms with Gasteiger partial charge in [-0.1, -0.05) is 6.07 Å². The number of hydrogen-bond donors (Lipinski definition) is 2. The van der Waals surface area contributed by atoms with Gasteiger partial charge in [0.25, 0.3) is 5.91 Å². The van der Waals surface area contributed by atoms with Crippen LogP contribution in [0.1, 0.15) is 16.1 Å². The molecule has 0 atom stereocenters. The zero-order valence-electron chi connectivity index (χ0n) is 10.7. The van der Waals surface area contributed by atoms with Crippen molar-refractivity contribution in [1.82, 2.24) is 14.6 Å². The Hall–Kier alpha value is -2.74. The Morgan fingerprint density at radius 1 is 1.38 bits per heavy atom. The number of anilines is 1. The fraction of sp³-hybridized carbons (Fsp3) is 0.0769. The minimum absolute atomic E-state index is 0.164. The quantitative estimate of drug-likeness (QED) is 0.764. The van der Waals surface area contributed by atoms with Gasteiger partial charge in [0.1, 0.15) is 0 Å².